The highest BCUT2D eigenvalue weighted by Gasteiger charge is 2.31. The number of aliphatic carboxylic acids is 1. The predicted octanol–water partition coefficient (Wildman–Crippen LogP) is 4.46. The van der Waals surface area contributed by atoms with E-state index in [4.69, 9.17) is 4.52 Å². The summed E-state index contributed by atoms with van der Waals surface area (Å²) in [5.74, 6) is -1.06. The molecule has 0 aliphatic rings. The highest BCUT2D eigenvalue weighted by atomic mass is 19.4. The van der Waals surface area contributed by atoms with Crippen LogP contribution < -0.4 is 0 Å². The Labute approximate surface area is 155 Å². The number of alkyl halides is 3. The minimum Gasteiger partial charge on any atom is -0.480 e. The maximum atomic E-state index is 12.9. The van der Waals surface area contributed by atoms with E-state index in [0.29, 0.717) is 11.2 Å². The Morgan fingerprint density at radius 2 is 1.89 bits per heavy atom. The van der Waals surface area contributed by atoms with Crippen LogP contribution >= 0.6 is 0 Å². The van der Waals surface area contributed by atoms with Crippen LogP contribution in [0, 0.1) is 0 Å². The molecule has 0 aliphatic heterocycles. The summed E-state index contributed by atoms with van der Waals surface area (Å²) in [6.07, 6.45) is -4.49. The van der Waals surface area contributed by atoms with Gasteiger partial charge in [-0.25, -0.2) is 0 Å². The third-order valence-corrected chi connectivity index (χ3v) is 4.20. The molecule has 0 atom stereocenters. The Hall–Kier alpha value is -3.62. The molecule has 0 bridgehead atoms. The van der Waals surface area contributed by atoms with Crippen LogP contribution in [-0.2, 0) is 17.5 Å². The zero-order valence-electron chi connectivity index (χ0n) is 14.1. The van der Waals surface area contributed by atoms with Crippen molar-refractivity contribution in [2.24, 2.45) is 0 Å². The molecule has 6 nitrogen and oxygen atoms in total. The van der Waals surface area contributed by atoms with Crippen LogP contribution in [0.15, 0.2) is 59.1 Å². The molecule has 0 fully saturated rings. The van der Waals surface area contributed by atoms with E-state index in [1.165, 1.54) is 16.7 Å². The Balaban J connectivity index is 1.79. The van der Waals surface area contributed by atoms with Gasteiger partial charge in [-0.1, -0.05) is 35.5 Å². The highest BCUT2D eigenvalue weighted by molar-refractivity contribution is 5.87. The van der Waals surface area contributed by atoms with Gasteiger partial charge >= 0.3 is 12.1 Å². The SMILES string of the molecule is O=C(O)Cn1c(-c2nc(-c3cccc(C(F)(F)F)c3)no2)cc2ccccc21. The van der Waals surface area contributed by atoms with Gasteiger partial charge in [0, 0.05) is 16.5 Å². The van der Waals surface area contributed by atoms with Gasteiger partial charge in [0.15, 0.2) is 0 Å². The fraction of sp³-hybridized carbons (Fsp3) is 0.105. The van der Waals surface area contributed by atoms with Gasteiger partial charge in [-0.2, -0.15) is 18.2 Å². The highest BCUT2D eigenvalue weighted by Crippen LogP contribution is 2.33. The lowest BCUT2D eigenvalue weighted by Gasteiger charge is -2.06. The van der Waals surface area contributed by atoms with Crippen molar-refractivity contribution in [3.05, 3.63) is 60.2 Å². The molecule has 0 unspecified atom stereocenters. The molecule has 0 saturated heterocycles. The van der Waals surface area contributed by atoms with Gasteiger partial charge in [0.1, 0.15) is 12.2 Å². The summed E-state index contributed by atoms with van der Waals surface area (Å²) in [5.41, 5.74) is 0.357. The van der Waals surface area contributed by atoms with Gasteiger partial charge in [0.05, 0.1) is 5.56 Å². The Bertz CT molecular complexity index is 1180. The predicted molar refractivity (Wildman–Crippen MR) is 93.3 cm³/mol. The smallest absolute Gasteiger partial charge is 0.416 e. The quantitative estimate of drug-likeness (QED) is 0.559. The van der Waals surface area contributed by atoms with E-state index in [0.717, 1.165) is 17.5 Å². The average Bonchev–Trinajstić information content (AvgIpc) is 3.26. The number of carboxylic acids is 1. The van der Waals surface area contributed by atoms with Gasteiger partial charge < -0.3 is 14.2 Å². The Kier molecular flexibility index (Phi) is 4.14. The second-order valence-electron chi connectivity index (χ2n) is 6.07. The van der Waals surface area contributed by atoms with Crippen molar-refractivity contribution in [2.45, 2.75) is 12.7 Å². The first kappa shape index (κ1) is 17.8. The number of carbonyl (C=O) groups is 1. The fourth-order valence-electron chi connectivity index (χ4n) is 2.97. The zero-order valence-corrected chi connectivity index (χ0v) is 14.1. The summed E-state index contributed by atoms with van der Waals surface area (Å²) in [6, 6.07) is 13.4. The molecule has 142 valence electrons. The van der Waals surface area contributed by atoms with Crippen molar-refractivity contribution in [3.8, 4) is 23.0 Å². The number of fused-ring (bicyclic) bond motifs is 1. The van der Waals surface area contributed by atoms with E-state index in [9.17, 15) is 23.1 Å². The summed E-state index contributed by atoms with van der Waals surface area (Å²) in [5, 5.41) is 13.7. The molecule has 9 heteroatoms. The fourth-order valence-corrected chi connectivity index (χ4v) is 2.97. The normalized spacial score (nSPS) is 11.8. The van der Waals surface area contributed by atoms with Crippen molar-refractivity contribution >= 4 is 16.9 Å². The number of halogens is 3. The van der Waals surface area contributed by atoms with Crippen molar-refractivity contribution in [1.82, 2.24) is 14.7 Å². The molecule has 0 aliphatic carbocycles. The first-order valence-electron chi connectivity index (χ1n) is 8.15. The van der Waals surface area contributed by atoms with Crippen LogP contribution in [0.1, 0.15) is 5.56 Å². The molecule has 0 radical (unpaired) electrons. The number of rotatable bonds is 4. The number of nitrogens with zero attached hydrogens (tertiary/aromatic N) is 3. The van der Waals surface area contributed by atoms with Gasteiger partial charge in [-0.05, 0) is 24.3 Å². The molecular weight excluding hydrogens is 375 g/mol. The minimum atomic E-state index is -4.49. The topological polar surface area (TPSA) is 81.1 Å². The van der Waals surface area contributed by atoms with Crippen LogP contribution in [0.5, 0.6) is 0 Å². The summed E-state index contributed by atoms with van der Waals surface area (Å²) in [4.78, 5) is 15.4. The first-order valence-corrected chi connectivity index (χ1v) is 8.15. The van der Waals surface area contributed by atoms with Crippen molar-refractivity contribution in [1.29, 1.82) is 0 Å². The Morgan fingerprint density at radius 1 is 1.11 bits per heavy atom. The molecular formula is C19H12F3N3O3. The van der Waals surface area contributed by atoms with Crippen LogP contribution in [0.25, 0.3) is 33.9 Å². The summed E-state index contributed by atoms with van der Waals surface area (Å²) in [6.45, 7) is -0.329. The third-order valence-electron chi connectivity index (χ3n) is 4.20. The van der Waals surface area contributed by atoms with Gasteiger partial charge in [0.25, 0.3) is 5.89 Å². The first-order chi connectivity index (χ1) is 13.3. The summed E-state index contributed by atoms with van der Waals surface area (Å²) in [7, 11) is 0. The molecule has 4 aromatic rings. The molecule has 2 heterocycles. The van der Waals surface area contributed by atoms with Gasteiger partial charge in [-0.15, -0.1) is 0 Å². The number of carboxylic acid groups (broad SMARTS) is 1. The standard InChI is InChI=1S/C19H12F3N3O3/c20-19(21,22)13-6-3-5-12(8-13)17-23-18(28-24-17)15-9-11-4-1-2-7-14(11)25(15)10-16(26)27/h1-9H,10H2,(H,26,27). The van der Waals surface area contributed by atoms with E-state index < -0.39 is 17.7 Å². The third kappa shape index (κ3) is 3.22. The van der Waals surface area contributed by atoms with Crippen LogP contribution in [0.4, 0.5) is 13.2 Å². The van der Waals surface area contributed by atoms with E-state index in [1.807, 2.05) is 0 Å². The largest absolute Gasteiger partial charge is 0.480 e. The molecule has 0 spiro atoms. The Morgan fingerprint density at radius 3 is 2.64 bits per heavy atom. The van der Waals surface area contributed by atoms with Crippen molar-refractivity contribution < 1.29 is 27.6 Å². The lowest BCUT2D eigenvalue weighted by atomic mass is 10.1. The number of hydrogen-bond donors (Lipinski definition) is 1. The number of benzene rings is 2. The van der Waals surface area contributed by atoms with E-state index in [-0.39, 0.29) is 23.8 Å². The van der Waals surface area contributed by atoms with Gasteiger partial charge in [-0.3, -0.25) is 4.79 Å². The molecule has 0 saturated carbocycles. The van der Waals surface area contributed by atoms with Crippen LogP contribution in [0.2, 0.25) is 0 Å². The lowest BCUT2D eigenvalue weighted by molar-refractivity contribution is -0.138. The van der Waals surface area contributed by atoms with Gasteiger partial charge in [0.2, 0.25) is 5.82 Å². The maximum Gasteiger partial charge on any atom is 0.416 e. The number of hydrogen-bond acceptors (Lipinski definition) is 4. The minimum absolute atomic E-state index is 0.0184. The second-order valence-corrected chi connectivity index (χ2v) is 6.07. The number of para-hydroxylation sites is 1. The van der Waals surface area contributed by atoms with Crippen LogP contribution in [0.3, 0.4) is 0 Å². The van der Waals surface area contributed by atoms with Crippen LogP contribution in [-0.4, -0.2) is 25.8 Å². The monoisotopic (exact) mass is 387 g/mol. The molecule has 0 amide bonds. The maximum absolute atomic E-state index is 12.9. The molecule has 28 heavy (non-hydrogen) atoms. The van der Waals surface area contributed by atoms with Crippen molar-refractivity contribution in [3.63, 3.8) is 0 Å². The van der Waals surface area contributed by atoms with Crippen molar-refractivity contribution in [2.75, 3.05) is 0 Å². The van der Waals surface area contributed by atoms with E-state index in [2.05, 4.69) is 10.1 Å². The summed E-state index contributed by atoms with van der Waals surface area (Å²) < 4.78 is 45.5. The average molecular weight is 387 g/mol. The molecule has 2 aromatic heterocycles. The molecule has 4 rings (SSSR count). The molecule has 1 N–H and O–H groups in total. The van der Waals surface area contributed by atoms with E-state index in [1.54, 1.807) is 30.3 Å². The number of aromatic nitrogens is 3. The second kappa shape index (κ2) is 6.52. The van der Waals surface area contributed by atoms with E-state index >= 15 is 0 Å². The lowest BCUT2D eigenvalue weighted by Crippen LogP contribution is -2.09. The zero-order chi connectivity index (χ0) is 19.9. The molecule has 2 aromatic carbocycles. The summed E-state index contributed by atoms with van der Waals surface area (Å²) >= 11 is 0.